The van der Waals surface area contributed by atoms with Gasteiger partial charge in [-0.25, -0.2) is 0 Å². The number of rotatable bonds is 6. The van der Waals surface area contributed by atoms with Crippen molar-refractivity contribution in [3.05, 3.63) is 35.9 Å². The molecular weight excluding hydrogens is 264 g/mol. The van der Waals surface area contributed by atoms with Crippen molar-refractivity contribution in [3.8, 4) is 0 Å². The molecule has 1 aliphatic carbocycles. The standard InChI is InChI=1S/C17H24N2O2/c20-16(19-15-10-5-2-6-11-15)12-7-13-18-17(21)14-8-3-1-4-9-14/h1,3-4,8-9,15H,2,5-7,10-13H2,(H,18,21)(H,19,20). The topological polar surface area (TPSA) is 58.2 Å². The first-order valence-corrected chi connectivity index (χ1v) is 7.88. The molecular formula is C17H24N2O2. The van der Waals surface area contributed by atoms with Crippen LogP contribution in [-0.2, 0) is 4.79 Å². The molecule has 0 spiro atoms. The van der Waals surface area contributed by atoms with Gasteiger partial charge in [0.2, 0.25) is 5.91 Å². The van der Waals surface area contributed by atoms with Gasteiger partial charge < -0.3 is 10.6 Å². The molecule has 0 aliphatic heterocycles. The third kappa shape index (κ3) is 5.58. The molecule has 1 saturated carbocycles. The Kier molecular flexibility index (Phi) is 6.25. The molecule has 2 rings (SSSR count). The summed E-state index contributed by atoms with van der Waals surface area (Å²) in [5.41, 5.74) is 0.657. The van der Waals surface area contributed by atoms with Gasteiger partial charge >= 0.3 is 0 Å². The van der Waals surface area contributed by atoms with Gasteiger partial charge in [0.1, 0.15) is 0 Å². The molecule has 2 N–H and O–H groups in total. The quantitative estimate of drug-likeness (QED) is 0.791. The van der Waals surface area contributed by atoms with E-state index in [-0.39, 0.29) is 11.8 Å². The maximum Gasteiger partial charge on any atom is 0.251 e. The Hall–Kier alpha value is -1.84. The summed E-state index contributed by atoms with van der Waals surface area (Å²) in [5, 5.41) is 5.93. The molecule has 1 aliphatic rings. The molecule has 0 heterocycles. The Morgan fingerprint density at radius 2 is 1.76 bits per heavy atom. The van der Waals surface area contributed by atoms with Crippen LogP contribution in [0, 0.1) is 0 Å². The Labute approximate surface area is 126 Å². The summed E-state index contributed by atoms with van der Waals surface area (Å²) in [4.78, 5) is 23.6. The van der Waals surface area contributed by atoms with Gasteiger partial charge in [0, 0.05) is 24.6 Å². The average Bonchev–Trinajstić information content (AvgIpc) is 2.53. The molecule has 2 amide bonds. The number of hydrogen-bond donors (Lipinski definition) is 2. The van der Waals surface area contributed by atoms with Crippen LogP contribution in [-0.4, -0.2) is 24.4 Å². The van der Waals surface area contributed by atoms with E-state index in [1.807, 2.05) is 18.2 Å². The van der Waals surface area contributed by atoms with Crippen LogP contribution in [0.1, 0.15) is 55.3 Å². The molecule has 0 saturated heterocycles. The van der Waals surface area contributed by atoms with E-state index in [0.29, 0.717) is 31.0 Å². The third-order valence-electron chi connectivity index (χ3n) is 3.87. The predicted octanol–water partition coefficient (Wildman–Crippen LogP) is 2.65. The predicted molar refractivity (Wildman–Crippen MR) is 83.0 cm³/mol. The number of benzene rings is 1. The first-order chi connectivity index (χ1) is 10.3. The molecule has 0 radical (unpaired) electrons. The van der Waals surface area contributed by atoms with Gasteiger partial charge in [-0.15, -0.1) is 0 Å². The van der Waals surface area contributed by atoms with Gasteiger partial charge in [0.05, 0.1) is 0 Å². The van der Waals surface area contributed by atoms with Crippen LogP contribution in [0.25, 0.3) is 0 Å². The van der Waals surface area contributed by atoms with Crippen LogP contribution < -0.4 is 10.6 Å². The van der Waals surface area contributed by atoms with E-state index in [0.717, 1.165) is 12.8 Å². The lowest BCUT2D eigenvalue weighted by Gasteiger charge is -2.22. The summed E-state index contributed by atoms with van der Waals surface area (Å²) in [6.07, 6.45) is 7.10. The highest BCUT2D eigenvalue weighted by molar-refractivity contribution is 5.94. The summed E-state index contributed by atoms with van der Waals surface area (Å²) < 4.78 is 0. The Morgan fingerprint density at radius 3 is 2.48 bits per heavy atom. The highest BCUT2D eigenvalue weighted by Crippen LogP contribution is 2.17. The van der Waals surface area contributed by atoms with Crippen LogP contribution in [0.15, 0.2) is 30.3 Å². The summed E-state index contributed by atoms with van der Waals surface area (Å²) in [6, 6.07) is 9.49. The second kappa shape index (κ2) is 8.45. The summed E-state index contributed by atoms with van der Waals surface area (Å²) in [6.45, 7) is 0.534. The molecule has 21 heavy (non-hydrogen) atoms. The van der Waals surface area contributed by atoms with Crippen LogP contribution in [0.5, 0.6) is 0 Å². The second-order valence-corrected chi connectivity index (χ2v) is 5.63. The van der Waals surface area contributed by atoms with Gasteiger partial charge in [-0.3, -0.25) is 9.59 Å². The average molecular weight is 288 g/mol. The number of carbonyl (C=O) groups is 2. The van der Waals surface area contributed by atoms with Gasteiger partial charge in [-0.2, -0.15) is 0 Å². The number of nitrogens with one attached hydrogen (secondary N) is 2. The number of hydrogen-bond acceptors (Lipinski definition) is 2. The largest absolute Gasteiger partial charge is 0.353 e. The van der Waals surface area contributed by atoms with E-state index < -0.39 is 0 Å². The zero-order valence-electron chi connectivity index (χ0n) is 12.4. The van der Waals surface area contributed by atoms with Gasteiger partial charge in [-0.1, -0.05) is 37.5 Å². The molecule has 114 valence electrons. The summed E-state index contributed by atoms with van der Waals surface area (Å²) >= 11 is 0. The molecule has 1 aromatic carbocycles. The van der Waals surface area contributed by atoms with Crippen molar-refractivity contribution in [1.29, 1.82) is 0 Å². The van der Waals surface area contributed by atoms with Gasteiger partial charge in [0.25, 0.3) is 5.91 Å². The lowest BCUT2D eigenvalue weighted by Crippen LogP contribution is -2.36. The normalized spacial score (nSPS) is 15.4. The first kappa shape index (κ1) is 15.5. The summed E-state index contributed by atoms with van der Waals surface area (Å²) in [5.74, 6) is 0.0270. The fourth-order valence-electron chi connectivity index (χ4n) is 2.69. The van der Waals surface area contributed by atoms with Crippen LogP contribution in [0.4, 0.5) is 0 Å². The van der Waals surface area contributed by atoms with E-state index in [1.54, 1.807) is 12.1 Å². The van der Waals surface area contributed by atoms with Crippen molar-refractivity contribution in [2.24, 2.45) is 0 Å². The van der Waals surface area contributed by atoms with Crippen molar-refractivity contribution >= 4 is 11.8 Å². The Balaban J connectivity index is 1.58. The monoisotopic (exact) mass is 288 g/mol. The van der Waals surface area contributed by atoms with E-state index >= 15 is 0 Å². The van der Waals surface area contributed by atoms with Crippen molar-refractivity contribution in [2.75, 3.05) is 6.54 Å². The van der Waals surface area contributed by atoms with E-state index in [9.17, 15) is 9.59 Å². The minimum absolute atomic E-state index is 0.0803. The van der Waals surface area contributed by atoms with Gasteiger partial charge in [-0.05, 0) is 31.4 Å². The lowest BCUT2D eigenvalue weighted by molar-refractivity contribution is -0.122. The number of amides is 2. The van der Waals surface area contributed by atoms with E-state index in [4.69, 9.17) is 0 Å². The fraction of sp³-hybridized carbons (Fsp3) is 0.529. The fourth-order valence-corrected chi connectivity index (χ4v) is 2.69. The maximum absolute atomic E-state index is 11.8. The SMILES string of the molecule is O=C(CCCNC(=O)c1ccccc1)NC1CCCCC1. The van der Waals surface area contributed by atoms with Crippen molar-refractivity contribution in [2.45, 2.75) is 51.0 Å². The zero-order valence-corrected chi connectivity index (χ0v) is 12.4. The Morgan fingerprint density at radius 1 is 1.05 bits per heavy atom. The van der Waals surface area contributed by atoms with Crippen molar-refractivity contribution in [3.63, 3.8) is 0 Å². The first-order valence-electron chi connectivity index (χ1n) is 7.88. The molecule has 4 nitrogen and oxygen atoms in total. The minimum Gasteiger partial charge on any atom is -0.353 e. The highest BCUT2D eigenvalue weighted by Gasteiger charge is 2.15. The smallest absolute Gasteiger partial charge is 0.251 e. The second-order valence-electron chi connectivity index (χ2n) is 5.63. The molecule has 0 bridgehead atoms. The lowest BCUT2D eigenvalue weighted by atomic mass is 9.95. The summed E-state index contributed by atoms with van der Waals surface area (Å²) in [7, 11) is 0. The van der Waals surface area contributed by atoms with Crippen molar-refractivity contribution < 1.29 is 9.59 Å². The van der Waals surface area contributed by atoms with E-state index in [1.165, 1.54) is 19.3 Å². The molecule has 1 fully saturated rings. The van der Waals surface area contributed by atoms with Gasteiger partial charge in [0.15, 0.2) is 0 Å². The molecule has 1 aromatic rings. The molecule has 4 heteroatoms. The maximum atomic E-state index is 11.8. The van der Waals surface area contributed by atoms with Crippen LogP contribution in [0.3, 0.4) is 0 Å². The Bertz CT molecular complexity index is 453. The zero-order chi connectivity index (χ0) is 14.9. The molecule has 0 aromatic heterocycles. The molecule has 0 unspecified atom stereocenters. The highest BCUT2D eigenvalue weighted by atomic mass is 16.2. The number of carbonyl (C=O) groups excluding carboxylic acids is 2. The third-order valence-corrected chi connectivity index (χ3v) is 3.87. The van der Waals surface area contributed by atoms with Crippen LogP contribution >= 0.6 is 0 Å². The van der Waals surface area contributed by atoms with Crippen LogP contribution in [0.2, 0.25) is 0 Å². The van der Waals surface area contributed by atoms with E-state index in [2.05, 4.69) is 10.6 Å². The minimum atomic E-state index is -0.0803. The van der Waals surface area contributed by atoms with Crippen molar-refractivity contribution in [1.82, 2.24) is 10.6 Å². The molecule has 0 atom stereocenters.